The Kier molecular flexibility index (Phi) is 5.99. The maximum atomic E-state index is 6.36. The summed E-state index contributed by atoms with van der Waals surface area (Å²) in [5, 5.41) is 0. The van der Waals surface area contributed by atoms with Gasteiger partial charge in [-0.15, -0.1) is 0 Å². The van der Waals surface area contributed by atoms with E-state index >= 15 is 0 Å². The smallest absolute Gasteiger partial charge is 0.0270 e. The highest BCUT2D eigenvalue weighted by Gasteiger charge is 2.30. The number of pyridine rings is 1. The summed E-state index contributed by atoms with van der Waals surface area (Å²) in [6.45, 7) is 3.37. The predicted octanol–water partition coefficient (Wildman–Crippen LogP) is 2.85. The molecule has 1 aliphatic rings. The van der Waals surface area contributed by atoms with Crippen molar-refractivity contribution in [1.29, 1.82) is 0 Å². The molecule has 0 saturated heterocycles. The Morgan fingerprint density at radius 2 is 2.05 bits per heavy atom. The predicted molar refractivity (Wildman–Crippen MR) is 84.6 cm³/mol. The normalized spacial score (nSPS) is 26.9. The maximum Gasteiger partial charge on any atom is 0.0270 e. The molecule has 0 spiro atoms. The fourth-order valence-corrected chi connectivity index (χ4v) is 3.45. The van der Waals surface area contributed by atoms with Crippen LogP contribution in [-0.2, 0) is 6.42 Å². The molecule has 2 N–H and O–H groups in total. The molecular weight excluding hydrogens is 246 g/mol. The molecule has 112 valence electrons. The van der Waals surface area contributed by atoms with Crippen molar-refractivity contribution in [2.45, 2.75) is 57.5 Å². The minimum atomic E-state index is 0.352. The topological polar surface area (TPSA) is 42.1 Å². The van der Waals surface area contributed by atoms with Crippen molar-refractivity contribution >= 4 is 0 Å². The van der Waals surface area contributed by atoms with E-state index in [9.17, 15) is 0 Å². The standard InChI is InChI=1S/C17H29N3/c1-3-4-15-5-6-16(18)17(13-15)20(2)12-9-14-7-10-19-11-8-14/h7-8,10-11,15-17H,3-6,9,12-13,18H2,1-2H3. The zero-order valence-electron chi connectivity index (χ0n) is 13.0. The molecule has 0 aliphatic heterocycles. The molecule has 1 aromatic heterocycles. The zero-order chi connectivity index (χ0) is 14.4. The molecule has 2 rings (SSSR count). The van der Waals surface area contributed by atoms with Gasteiger partial charge in [-0.3, -0.25) is 4.98 Å². The molecule has 0 aromatic carbocycles. The summed E-state index contributed by atoms with van der Waals surface area (Å²) in [4.78, 5) is 6.55. The molecule has 1 heterocycles. The summed E-state index contributed by atoms with van der Waals surface area (Å²) in [7, 11) is 2.24. The highest BCUT2D eigenvalue weighted by molar-refractivity contribution is 5.10. The van der Waals surface area contributed by atoms with Crippen molar-refractivity contribution in [2.24, 2.45) is 11.7 Å². The van der Waals surface area contributed by atoms with Crippen LogP contribution >= 0.6 is 0 Å². The molecule has 3 atom stereocenters. The first-order valence-electron chi connectivity index (χ1n) is 8.05. The number of hydrogen-bond acceptors (Lipinski definition) is 3. The minimum Gasteiger partial charge on any atom is -0.326 e. The molecule has 1 aromatic rings. The quantitative estimate of drug-likeness (QED) is 0.868. The van der Waals surface area contributed by atoms with Gasteiger partial charge >= 0.3 is 0 Å². The van der Waals surface area contributed by atoms with Crippen LogP contribution in [0.2, 0.25) is 0 Å². The van der Waals surface area contributed by atoms with Crippen LogP contribution < -0.4 is 5.73 Å². The van der Waals surface area contributed by atoms with E-state index in [1.165, 1.54) is 37.7 Å². The SMILES string of the molecule is CCCC1CCC(N)C(N(C)CCc2ccncc2)C1. The summed E-state index contributed by atoms with van der Waals surface area (Å²) in [6, 6.07) is 5.12. The Balaban J connectivity index is 1.85. The van der Waals surface area contributed by atoms with Crippen molar-refractivity contribution in [3.63, 3.8) is 0 Å². The van der Waals surface area contributed by atoms with E-state index in [2.05, 4.69) is 36.0 Å². The summed E-state index contributed by atoms with van der Waals surface area (Å²) in [5.41, 5.74) is 7.72. The molecule has 3 unspecified atom stereocenters. The Morgan fingerprint density at radius 1 is 1.30 bits per heavy atom. The Bertz CT molecular complexity index is 379. The number of rotatable bonds is 6. The van der Waals surface area contributed by atoms with Crippen LogP contribution in [0.25, 0.3) is 0 Å². The van der Waals surface area contributed by atoms with Gasteiger partial charge in [0.05, 0.1) is 0 Å². The lowest BCUT2D eigenvalue weighted by Crippen LogP contribution is -2.50. The van der Waals surface area contributed by atoms with Gasteiger partial charge in [-0.25, -0.2) is 0 Å². The fraction of sp³-hybridized carbons (Fsp3) is 0.706. The average molecular weight is 275 g/mol. The summed E-state index contributed by atoms with van der Waals surface area (Å²) in [5.74, 6) is 0.883. The lowest BCUT2D eigenvalue weighted by molar-refractivity contribution is 0.134. The molecule has 1 saturated carbocycles. The Morgan fingerprint density at radius 3 is 2.75 bits per heavy atom. The van der Waals surface area contributed by atoms with Crippen molar-refractivity contribution in [1.82, 2.24) is 9.88 Å². The number of likely N-dealkylation sites (N-methyl/N-ethyl adjacent to an activating group) is 1. The summed E-state index contributed by atoms with van der Waals surface area (Å²) < 4.78 is 0. The largest absolute Gasteiger partial charge is 0.326 e. The third kappa shape index (κ3) is 4.29. The van der Waals surface area contributed by atoms with Gasteiger partial charge in [-0.1, -0.05) is 19.8 Å². The van der Waals surface area contributed by atoms with Gasteiger partial charge in [0.25, 0.3) is 0 Å². The highest BCUT2D eigenvalue weighted by atomic mass is 15.1. The van der Waals surface area contributed by atoms with Crippen LogP contribution in [0.1, 0.15) is 44.6 Å². The lowest BCUT2D eigenvalue weighted by Gasteiger charge is -2.39. The van der Waals surface area contributed by atoms with Gasteiger partial charge in [0.15, 0.2) is 0 Å². The van der Waals surface area contributed by atoms with E-state index in [0.29, 0.717) is 12.1 Å². The number of nitrogens with zero attached hydrogens (tertiary/aromatic N) is 2. The molecule has 20 heavy (non-hydrogen) atoms. The van der Waals surface area contributed by atoms with Crippen molar-refractivity contribution in [3.8, 4) is 0 Å². The number of hydrogen-bond donors (Lipinski definition) is 1. The average Bonchev–Trinajstić information content (AvgIpc) is 2.48. The van der Waals surface area contributed by atoms with Crippen LogP contribution in [0.3, 0.4) is 0 Å². The van der Waals surface area contributed by atoms with Crippen LogP contribution in [0, 0.1) is 5.92 Å². The maximum absolute atomic E-state index is 6.36. The van der Waals surface area contributed by atoms with E-state index < -0.39 is 0 Å². The van der Waals surface area contributed by atoms with E-state index in [0.717, 1.165) is 18.9 Å². The van der Waals surface area contributed by atoms with Gasteiger partial charge in [0.1, 0.15) is 0 Å². The van der Waals surface area contributed by atoms with Crippen LogP contribution in [0.5, 0.6) is 0 Å². The molecule has 1 fully saturated rings. The van der Waals surface area contributed by atoms with E-state index in [1.807, 2.05) is 12.4 Å². The van der Waals surface area contributed by atoms with Crippen molar-refractivity contribution in [3.05, 3.63) is 30.1 Å². The first-order valence-corrected chi connectivity index (χ1v) is 8.05. The van der Waals surface area contributed by atoms with Crippen LogP contribution in [0.15, 0.2) is 24.5 Å². The second-order valence-corrected chi connectivity index (χ2v) is 6.29. The summed E-state index contributed by atoms with van der Waals surface area (Å²) >= 11 is 0. The minimum absolute atomic E-state index is 0.352. The van der Waals surface area contributed by atoms with Gasteiger partial charge in [-0.05, 0) is 56.3 Å². The van der Waals surface area contributed by atoms with Gasteiger partial charge in [-0.2, -0.15) is 0 Å². The molecule has 3 heteroatoms. The Labute approximate surface area is 123 Å². The van der Waals surface area contributed by atoms with E-state index in [4.69, 9.17) is 5.73 Å². The highest BCUT2D eigenvalue weighted by Crippen LogP contribution is 2.29. The van der Waals surface area contributed by atoms with E-state index in [-0.39, 0.29) is 0 Å². The molecule has 3 nitrogen and oxygen atoms in total. The third-order valence-electron chi connectivity index (χ3n) is 4.74. The second-order valence-electron chi connectivity index (χ2n) is 6.29. The second kappa shape index (κ2) is 7.75. The van der Waals surface area contributed by atoms with Gasteiger partial charge in [0.2, 0.25) is 0 Å². The molecule has 1 aliphatic carbocycles. The van der Waals surface area contributed by atoms with Gasteiger partial charge < -0.3 is 10.6 Å². The lowest BCUT2D eigenvalue weighted by atomic mass is 9.80. The molecule has 0 bridgehead atoms. The monoisotopic (exact) mass is 275 g/mol. The molecular formula is C17H29N3. The number of aromatic nitrogens is 1. The third-order valence-corrected chi connectivity index (χ3v) is 4.74. The van der Waals surface area contributed by atoms with Crippen LogP contribution in [-0.4, -0.2) is 35.6 Å². The first kappa shape index (κ1) is 15.5. The van der Waals surface area contributed by atoms with Crippen molar-refractivity contribution < 1.29 is 0 Å². The first-order chi connectivity index (χ1) is 9.70. The van der Waals surface area contributed by atoms with Gasteiger partial charge in [0, 0.05) is 31.0 Å². The number of nitrogens with two attached hydrogens (primary N) is 1. The van der Waals surface area contributed by atoms with Crippen molar-refractivity contribution in [2.75, 3.05) is 13.6 Å². The fourth-order valence-electron chi connectivity index (χ4n) is 3.45. The molecule has 0 amide bonds. The zero-order valence-corrected chi connectivity index (χ0v) is 13.0. The van der Waals surface area contributed by atoms with E-state index in [1.54, 1.807) is 0 Å². The molecule has 0 radical (unpaired) electrons. The Hall–Kier alpha value is -0.930. The van der Waals surface area contributed by atoms with Crippen LogP contribution in [0.4, 0.5) is 0 Å². The summed E-state index contributed by atoms with van der Waals surface area (Å²) in [6.07, 6.45) is 11.3.